The van der Waals surface area contributed by atoms with Crippen LogP contribution in [0.5, 0.6) is 0 Å². The Morgan fingerprint density at radius 2 is 0.875 bits per heavy atom. The summed E-state index contributed by atoms with van der Waals surface area (Å²) in [7, 11) is 0. The fraction of sp³-hybridized carbons (Fsp3) is 0.0192. The first-order chi connectivity index (χ1) is 27.7. The number of hydrogen-bond acceptors (Lipinski definition) is 3. The molecule has 11 rings (SSSR count). The van der Waals surface area contributed by atoms with E-state index < -0.39 is 0 Å². The van der Waals surface area contributed by atoms with Crippen LogP contribution in [0.4, 0.5) is 0 Å². The molecule has 10 aromatic rings. The lowest BCUT2D eigenvalue weighted by Crippen LogP contribution is -2.00. The normalized spacial score (nSPS) is 11.9. The summed E-state index contributed by atoms with van der Waals surface area (Å²) in [6.07, 6.45) is 0.894. The Bertz CT molecular complexity index is 3020. The maximum Gasteiger partial charge on any atom is 0.164 e. The van der Waals surface area contributed by atoms with Crippen molar-refractivity contribution in [3.63, 3.8) is 0 Å². The van der Waals surface area contributed by atoms with Gasteiger partial charge in [-0.3, -0.25) is 0 Å². The molecule has 0 saturated carbocycles. The summed E-state index contributed by atoms with van der Waals surface area (Å²) < 4.78 is 2.42. The lowest BCUT2D eigenvalue weighted by atomic mass is 9.95. The van der Waals surface area contributed by atoms with Crippen LogP contribution in [0, 0.1) is 0 Å². The molecular formula is C52H34N4. The Kier molecular flexibility index (Phi) is 7.52. The van der Waals surface area contributed by atoms with Gasteiger partial charge in [0.1, 0.15) is 0 Å². The van der Waals surface area contributed by atoms with Crippen LogP contribution in [0.25, 0.3) is 95.0 Å². The number of fused-ring (bicyclic) bond motifs is 6. The van der Waals surface area contributed by atoms with Crippen molar-refractivity contribution in [2.45, 2.75) is 6.42 Å². The van der Waals surface area contributed by atoms with Crippen LogP contribution in [0.3, 0.4) is 0 Å². The van der Waals surface area contributed by atoms with E-state index in [4.69, 9.17) is 15.0 Å². The van der Waals surface area contributed by atoms with Crippen molar-refractivity contribution in [3.05, 3.63) is 205 Å². The number of rotatable bonds is 6. The molecule has 4 heteroatoms. The number of nitrogens with zero attached hydrogens (tertiary/aromatic N) is 4. The van der Waals surface area contributed by atoms with Gasteiger partial charge in [-0.2, -0.15) is 0 Å². The number of aromatic nitrogens is 4. The lowest BCUT2D eigenvalue weighted by molar-refractivity contribution is 1.07. The zero-order chi connectivity index (χ0) is 37.0. The summed E-state index contributed by atoms with van der Waals surface area (Å²) in [5, 5.41) is 2.52. The van der Waals surface area contributed by atoms with Gasteiger partial charge in [-0.1, -0.05) is 164 Å². The smallest absolute Gasteiger partial charge is 0.164 e. The molecule has 0 amide bonds. The summed E-state index contributed by atoms with van der Waals surface area (Å²) in [5.41, 5.74) is 16.7. The molecule has 0 N–H and O–H groups in total. The SMILES string of the molecule is c1ccc(-c2ccc3c(c2)c2ccccc2n3-c2ccc3c(c2)-c2cccc(-c4ccc(-c5nc(-c6ccccc6)nc(-c6ccccc6)n5)cc4)c2C3)cc1. The van der Waals surface area contributed by atoms with Crippen LogP contribution in [-0.4, -0.2) is 19.5 Å². The first kappa shape index (κ1) is 32.0. The van der Waals surface area contributed by atoms with Crippen molar-refractivity contribution in [2.24, 2.45) is 0 Å². The number of hydrogen-bond donors (Lipinski definition) is 0. The fourth-order valence-corrected chi connectivity index (χ4v) is 8.40. The average molecular weight is 715 g/mol. The van der Waals surface area contributed by atoms with Gasteiger partial charge in [0.25, 0.3) is 0 Å². The number of para-hydroxylation sites is 1. The molecule has 2 aromatic heterocycles. The van der Waals surface area contributed by atoms with E-state index in [9.17, 15) is 0 Å². The molecule has 4 nitrogen and oxygen atoms in total. The fourth-order valence-electron chi connectivity index (χ4n) is 8.40. The van der Waals surface area contributed by atoms with E-state index in [-0.39, 0.29) is 0 Å². The summed E-state index contributed by atoms with van der Waals surface area (Å²) in [5.74, 6) is 1.98. The third-order valence-corrected chi connectivity index (χ3v) is 11.1. The van der Waals surface area contributed by atoms with E-state index in [2.05, 4.69) is 138 Å². The van der Waals surface area contributed by atoms with Crippen LogP contribution in [0.1, 0.15) is 11.1 Å². The quantitative estimate of drug-likeness (QED) is 0.172. The average Bonchev–Trinajstić information content (AvgIpc) is 3.82. The van der Waals surface area contributed by atoms with Crippen LogP contribution in [0.2, 0.25) is 0 Å². The monoisotopic (exact) mass is 714 g/mol. The predicted molar refractivity (Wildman–Crippen MR) is 230 cm³/mol. The Morgan fingerprint density at radius 1 is 0.339 bits per heavy atom. The van der Waals surface area contributed by atoms with Crippen molar-refractivity contribution >= 4 is 21.8 Å². The third-order valence-electron chi connectivity index (χ3n) is 11.1. The molecular weight excluding hydrogens is 681 g/mol. The van der Waals surface area contributed by atoms with Crippen LogP contribution in [-0.2, 0) is 6.42 Å². The molecule has 262 valence electrons. The molecule has 56 heavy (non-hydrogen) atoms. The van der Waals surface area contributed by atoms with Gasteiger partial charge in [0.2, 0.25) is 0 Å². The van der Waals surface area contributed by atoms with Gasteiger partial charge in [-0.25, -0.2) is 15.0 Å². The van der Waals surface area contributed by atoms with E-state index in [0.29, 0.717) is 17.5 Å². The molecule has 0 radical (unpaired) electrons. The van der Waals surface area contributed by atoms with Crippen molar-refractivity contribution in [1.29, 1.82) is 0 Å². The second kappa shape index (κ2) is 13.2. The molecule has 0 unspecified atom stereocenters. The summed E-state index contributed by atoms with van der Waals surface area (Å²) in [6.45, 7) is 0. The van der Waals surface area contributed by atoms with Gasteiger partial charge in [0.15, 0.2) is 17.5 Å². The minimum atomic E-state index is 0.656. The zero-order valence-corrected chi connectivity index (χ0v) is 30.5. The molecule has 0 saturated heterocycles. The second-order valence-corrected chi connectivity index (χ2v) is 14.4. The second-order valence-electron chi connectivity index (χ2n) is 14.4. The molecule has 0 bridgehead atoms. The van der Waals surface area contributed by atoms with Crippen molar-refractivity contribution in [1.82, 2.24) is 19.5 Å². The Hall–Kier alpha value is -7.43. The van der Waals surface area contributed by atoms with Crippen molar-refractivity contribution < 1.29 is 0 Å². The standard InChI is InChI=1S/C52H34N4/c1-4-13-34(14-5-1)39-28-30-49-47(31-39)44-19-10-11-22-48(44)56(49)41-29-27-40-32-46-42(20-12-21-43(46)45(40)33-41)35-23-25-38(26-24-35)52-54-50(36-15-6-2-7-16-36)53-51(55-52)37-17-8-3-9-18-37/h1-31,33H,32H2. The Morgan fingerprint density at radius 3 is 1.55 bits per heavy atom. The highest BCUT2D eigenvalue weighted by Crippen LogP contribution is 2.44. The minimum Gasteiger partial charge on any atom is -0.309 e. The van der Waals surface area contributed by atoms with Crippen LogP contribution >= 0.6 is 0 Å². The van der Waals surface area contributed by atoms with E-state index in [1.54, 1.807) is 0 Å². The maximum absolute atomic E-state index is 4.95. The van der Waals surface area contributed by atoms with E-state index in [1.165, 1.54) is 72.0 Å². The first-order valence-electron chi connectivity index (χ1n) is 19.1. The van der Waals surface area contributed by atoms with Gasteiger partial charge >= 0.3 is 0 Å². The summed E-state index contributed by atoms with van der Waals surface area (Å²) in [4.78, 5) is 14.8. The first-order valence-corrected chi connectivity index (χ1v) is 19.1. The topological polar surface area (TPSA) is 43.6 Å². The highest BCUT2D eigenvalue weighted by molar-refractivity contribution is 6.10. The van der Waals surface area contributed by atoms with Crippen molar-refractivity contribution in [2.75, 3.05) is 0 Å². The Balaban J connectivity index is 0.963. The molecule has 0 spiro atoms. The summed E-state index contributed by atoms with van der Waals surface area (Å²) in [6, 6.07) is 68.9. The Labute approximate surface area is 325 Å². The van der Waals surface area contributed by atoms with Crippen LogP contribution in [0.15, 0.2) is 194 Å². The third kappa shape index (κ3) is 5.42. The van der Waals surface area contributed by atoms with Gasteiger partial charge in [-0.05, 0) is 81.3 Å². The molecule has 0 aliphatic heterocycles. The predicted octanol–water partition coefficient (Wildman–Crippen LogP) is 12.9. The summed E-state index contributed by atoms with van der Waals surface area (Å²) >= 11 is 0. The lowest BCUT2D eigenvalue weighted by Gasteiger charge is -2.12. The number of benzene rings is 8. The molecule has 8 aromatic carbocycles. The van der Waals surface area contributed by atoms with Crippen LogP contribution < -0.4 is 0 Å². The largest absolute Gasteiger partial charge is 0.309 e. The minimum absolute atomic E-state index is 0.656. The molecule has 0 fully saturated rings. The van der Waals surface area contributed by atoms with E-state index >= 15 is 0 Å². The van der Waals surface area contributed by atoms with Crippen molar-refractivity contribution in [3.8, 4) is 73.2 Å². The highest BCUT2D eigenvalue weighted by Gasteiger charge is 2.23. The van der Waals surface area contributed by atoms with Gasteiger partial charge in [0.05, 0.1) is 11.0 Å². The van der Waals surface area contributed by atoms with Gasteiger partial charge in [-0.15, -0.1) is 0 Å². The molecule has 0 atom stereocenters. The molecule has 1 aliphatic carbocycles. The highest BCUT2D eigenvalue weighted by atomic mass is 15.0. The van der Waals surface area contributed by atoms with Gasteiger partial charge in [0, 0.05) is 33.2 Å². The van der Waals surface area contributed by atoms with Gasteiger partial charge < -0.3 is 4.57 Å². The zero-order valence-electron chi connectivity index (χ0n) is 30.5. The maximum atomic E-state index is 4.95. The van der Waals surface area contributed by atoms with E-state index in [1.807, 2.05) is 60.7 Å². The molecule has 2 heterocycles. The molecule has 1 aliphatic rings. The van der Waals surface area contributed by atoms with E-state index in [0.717, 1.165) is 23.1 Å².